The summed E-state index contributed by atoms with van der Waals surface area (Å²) in [6.07, 6.45) is 5.36. The van der Waals surface area contributed by atoms with Gasteiger partial charge in [-0.25, -0.2) is 0 Å². The fourth-order valence-electron chi connectivity index (χ4n) is 1.17. The lowest BCUT2D eigenvalue weighted by atomic mass is 10.2. The van der Waals surface area contributed by atoms with Gasteiger partial charge in [0.15, 0.2) is 0 Å². The van der Waals surface area contributed by atoms with Gasteiger partial charge < -0.3 is 3.79 Å². The number of unbranched alkanes of at least 4 members (excludes halogenated alkanes) is 3. The lowest BCUT2D eigenvalue weighted by Gasteiger charge is -2.23. The van der Waals surface area contributed by atoms with Gasteiger partial charge in [-0.3, -0.25) is 0 Å². The van der Waals surface area contributed by atoms with Crippen molar-refractivity contribution >= 4 is 26.7 Å². The van der Waals surface area contributed by atoms with E-state index in [2.05, 4.69) is 41.7 Å². The summed E-state index contributed by atoms with van der Waals surface area (Å²) in [5, 5.41) is 1.26. The maximum atomic E-state index is 5.87. The van der Waals surface area contributed by atoms with Crippen molar-refractivity contribution in [3.63, 3.8) is 0 Å². The molecule has 13 heavy (non-hydrogen) atoms. The maximum Gasteiger partial charge on any atom is 0.557 e. The standard InChI is InChI=1S/C6H13.C4H9O.Al.BrH/c1-3-5-6-4-2;1-4(2,3)5;;/h1,3-6H2,2H3;1-3H3;;1H/q;-1;+2;/p-1. The molecule has 0 aromatic carbocycles. The molecule has 0 radical (unpaired) electrons. The van der Waals surface area contributed by atoms with Crippen molar-refractivity contribution < 1.29 is 3.79 Å². The minimum absolute atomic E-state index is 0.0329. The number of rotatable bonds is 6. The predicted octanol–water partition coefficient (Wildman–Crippen LogP) is 4.26. The Morgan fingerprint density at radius 3 is 2.23 bits per heavy atom. The number of halogens is 1. The Bertz CT molecular complexity index is 123. The molecule has 0 saturated carbocycles. The van der Waals surface area contributed by atoms with E-state index in [4.69, 9.17) is 3.79 Å². The summed E-state index contributed by atoms with van der Waals surface area (Å²) in [6.45, 7) is 8.62. The van der Waals surface area contributed by atoms with Crippen LogP contribution in [0, 0.1) is 0 Å². The molecule has 0 atom stereocenters. The summed E-state index contributed by atoms with van der Waals surface area (Å²) in [5.74, 6) is 0. The van der Waals surface area contributed by atoms with Crippen LogP contribution in [0.15, 0.2) is 0 Å². The number of hydrogen-bond acceptors (Lipinski definition) is 1. The molecule has 1 nitrogen and oxygen atoms in total. The first-order valence-corrected chi connectivity index (χ1v) is 9.74. The van der Waals surface area contributed by atoms with E-state index in [9.17, 15) is 0 Å². The van der Waals surface area contributed by atoms with Gasteiger partial charge in [0.25, 0.3) is 0 Å². The zero-order chi connectivity index (χ0) is 10.3. The van der Waals surface area contributed by atoms with Crippen molar-refractivity contribution in [2.75, 3.05) is 0 Å². The van der Waals surface area contributed by atoms with Crippen LogP contribution < -0.4 is 0 Å². The van der Waals surface area contributed by atoms with E-state index >= 15 is 0 Å². The fraction of sp³-hybridized carbons (Fsp3) is 1.00. The summed E-state index contributed by atoms with van der Waals surface area (Å²) in [7, 11) is 0. The molecule has 0 rings (SSSR count). The fourth-order valence-corrected chi connectivity index (χ4v) is 5.32. The van der Waals surface area contributed by atoms with Gasteiger partial charge in [-0.05, 0) is 20.8 Å². The SMILES string of the molecule is CCCCC[CH2][Al]([Br])[O]C(C)(C)C. The number of hydrogen-bond donors (Lipinski definition) is 0. The highest BCUT2D eigenvalue weighted by Gasteiger charge is 2.22. The molecule has 78 valence electrons. The van der Waals surface area contributed by atoms with Crippen molar-refractivity contribution in [1.29, 1.82) is 0 Å². The van der Waals surface area contributed by atoms with E-state index in [0.717, 1.165) is 0 Å². The molecule has 0 amide bonds. The topological polar surface area (TPSA) is 9.23 Å². The molecule has 0 aliphatic heterocycles. The zero-order valence-electron chi connectivity index (χ0n) is 9.40. The van der Waals surface area contributed by atoms with E-state index in [-0.39, 0.29) is 5.60 Å². The van der Waals surface area contributed by atoms with E-state index in [0.29, 0.717) is 0 Å². The third kappa shape index (κ3) is 10.9. The second-order valence-electron chi connectivity index (χ2n) is 4.49. The van der Waals surface area contributed by atoms with Gasteiger partial charge in [0.05, 0.1) is 0 Å². The van der Waals surface area contributed by atoms with Crippen LogP contribution in [0.5, 0.6) is 0 Å². The molecule has 0 saturated heterocycles. The smallest absolute Gasteiger partial charge is 0.488 e. The van der Waals surface area contributed by atoms with Crippen LogP contribution in [0.2, 0.25) is 5.28 Å². The van der Waals surface area contributed by atoms with Crippen molar-refractivity contribution in [3.05, 3.63) is 0 Å². The molecular formula is C10H22AlBrO. The van der Waals surface area contributed by atoms with Gasteiger partial charge >= 0.3 is 12.7 Å². The highest BCUT2D eigenvalue weighted by molar-refractivity contribution is 9.24. The Kier molecular flexibility index (Phi) is 7.83. The molecule has 0 aliphatic rings. The van der Waals surface area contributed by atoms with Gasteiger partial charge in [-0.2, -0.15) is 14.1 Å². The molecule has 0 N–H and O–H groups in total. The van der Waals surface area contributed by atoms with E-state index < -0.39 is 12.7 Å². The van der Waals surface area contributed by atoms with Crippen LogP contribution >= 0.6 is 14.1 Å². The summed E-state index contributed by atoms with van der Waals surface area (Å²) >= 11 is 2.63. The van der Waals surface area contributed by atoms with Crippen LogP contribution in [-0.4, -0.2) is 18.3 Å². The monoisotopic (exact) mass is 264 g/mol. The summed E-state index contributed by atoms with van der Waals surface area (Å²) < 4.78 is 5.87. The van der Waals surface area contributed by atoms with Gasteiger partial charge in [-0.15, -0.1) is 0 Å². The molecule has 0 aliphatic carbocycles. The molecule has 0 aromatic heterocycles. The summed E-state index contributed by atoms with van der Waals surface area (Å²) in [6, 6.07) is 0. The Hall–Kier alpha value is 0.972. The lowest BCUT2D eigenvalue weighted by Crippen LogP contribution is -2.26. The lowest BCUT2D eigenvalue weighted by molar-refractivity contribution is 0.135. The second kappa shape index (κ2) is 7.29. The van der Waals surface area contributed by atoms with Crippen LogP contribution in [0.3, 0.4) is 0 Å². The molecule has 0 fully saturated rings. The normalized spacial score (nSPS) is 11.8. The average Bonchev–Trinajstić information content (AvgIpc) is 1.94. The Balaban J connectivity index is 3.35. The second-order valence-corrected chi connectivity index (χ2v) is 9.19. The maximum absolute atomic E-state index is 5.87. The van der Waals surface area contributed by atoms with Crippen LogP contribution in [0.4, 0.5) is 0 Å². The van der Waals surface area contributed by atoms with Crippen LogP contribution in [0.1, 0.15) is 53.4 Å². The highest BCUT2D eigenvalue weighted by atomic mass is 79.9. The Labute approximate surface area is 94.6 Å². The van der Waals surface area contributed by atoms with E-state index in [1.165, 1.54) is 31.0 Å². The van der Waals surface area contributed by atoms with Crippen molar-refractivity contribution in [3.8, 4) is 0 Å². The molecule has 0 bridgehead atoms. The quantitative estimate of drug-likeness (QED) is 0.515. The minimum Gasteiger partial charge on any atom is -0.488 e. The van der Waals surface area contributed by atoms with Gasteiger partial charge in [0.2, 0.25) is 0 Å². The third-order valence-corrected chi connectivity index (χ3v) is 5.53. The van der Waals surface area contributed by atoms with Crippen LogP contribution in [-0.2, 0) is 3.79 Å². The summed E-state index contributed by atoms with van der Waals surface area (Å²) in [5.41, 5.74) is 0.0329. The van der Waals surface area contributed by atoms with Crippen molar-refractivity contribution in [1.82, 2.24) is 0 Å². The Morgan fingerprint density at radius 1 is 1.15 bits per heavy atom. The zero-order valence-corrected chi connectivity index (χ0v) is 12.1. The van der Waals surface area contributed by atoms with Crippen LogP contribution in [0.25, 0.3) is 0 Å². The molecular weight excluding hydrogens is 243 g/mol. The first-order chi connectivity index (χ1) is 5.95. The van der Waals surface area contributed by atoms with Gasteiger partial charge in [0.1, 0.15) is 0 Å². The van der Waals surface area contributed by atoms with Crippen molar-refractivity contribution in [2.45, 2.75) is 64.3 Å². The molecule has 0 spiro atoms. The first kappa shape index (κ1) is 14.0. The molecule has 3 heteroatoms. The molecule has 0 heterocycles. The molecule has 0 aromatic rings. The first-order valence-electron chi connectivity index (χ1n) is 5.27. The summed E-state index contributed by atoms with van der Waals surface area (Å²) in [4.78, 5) is 0. The highest BCUT2D eigenvalue weighted by Crippen LogP contribution is 2.17. The van der Waals surface area contributed by atoms with Gasteiger partial charge in [0, 0.05) is 5.60 Å². The predicted molar refractivity (Wildman–Crippen MR) is 64.5 cm³/mol. The third-order valence-electron chi connectivity index (χ3n) is 1.77. The van der Waals surface area contributed by atoms with E-state index in [1.807, 2.05) is 0 Å². The van der Waals surface area contributed by atoms with Gasteiger partial charge in [-0.1, -0.05) is 37.9 Å². The Morgan fingerprint density at radius 2 is 1.77 bits per heavy atom. The largest absolute Gasteiger partial charge is 0.557 e. The van der Waals surface area contributed by atoms with E-state index in [1.54, 1.807) is 0 Å². The average molecular weight is 265 g/mol. The van der Waals surface area contributed by atoms with Crippen molar-refractivity contribution in [2.24, 2.45) is 0 Å². The molecule has 0 unspecified atom stereocenters. The minimum atomic E-state index is -1.06.